The monoisotopic (exact) mass is 481 g/mol. The summed E-state index contributed by atoms with van der Waals surface area (Å²) in [6.45, 7) is 0. The number of nitrogens with zero attached hydrogens (tertiary/aromatic N) is 4. The summed E-state index contributed by atoms with van der Waals surface area (Å²) in [4.78, 5) is 13.2. The van der Waals surface area contributed by atoms with Crippen molar-refractivity contribution >= 4 is 70.5 Å². The first kappa shape index (κ1) is 22.3. The van der Waals surface area contributed by atoms with Crippen LogP contribution in [0, 0.1) is 0 Å². The zero-order chi connectivity index (χ0) is 21.5. The van der Waals surface area contributed by atoms with E-state index in [1.165, 1.54) is 10.9 Å². The van der Waals surface area contributed by atoms with Crippen LogP contribution in [0.5, 0.6) is 0 Å². The largest absolute Gasteiger partial charge is 0.334 e. The van der Waals surface area contributed by atoms with Crippen LogP contribution in [0.2, 0.25) is 10.0 Å². The van der Waals surface area contributed by atoms with Gasteiger partial charge in [-0.25, -0.2) is 10.1 Å². The molecule has 0 atom stereocenters. The van der Waals surface area contributed by atoms with Crippen LogP contribution < -0.4 is 16.6 Å². The normalized spacial score (nSPS) is 11.0. The topological polar surface area (TPSA) is 110 Å². The number of nitrogens with one attached hydrogen (secondary N) is 2. The molecule has 156 valence electrons. The van der Waals surface area contributed by atoms with Crippen LogP contribution in [0.1, 0.15) is 5.56 Å². The van der Waals surface area contributed by atoms with E-state index in [4.69, 9.17) is 29.0 Å². The number of aromatic nitrogens is 3. The number of hydrogen-bond acceptors (Lipinski definition) is 8. The minimum Gasteiger partial charge on any atom is -0.334 e. The van der Waals surface area contributed by atoms with E-state index in [9.17, 15) is 4.79 Å². The van der Waals surface area contributed by atoms with Crippen molar-refractivity contribution in [3.05, 3.63) is 58.1 Å². The Labute approximate surface area is 191 Å². The summed E-state index contributed by atoms with van der Waals surface area (Å²) < 4.78 is 1.22. The van der Waals surface area contributed by atoms with Gasteiger partial charge in [-0.05, 0) is 30.5 Å². The molecule has 0 aliphatic carbocycles. The van der Waals surface area contributed by atoms with Crippen molar-refractivity contribution in [2.45, 2.75) is 10.1 Å². The molecule has 3 aromatic rings. The summed E-state index contributed by atoms with van der Waals surface area (Å²) in [6.07, 6.45) is 3.46. The fourth-order valence-electron chi connectivity index (χ4n) is 2.28. The summed E-state index contributed by atoms with van der Waals surface area (Å²) in [6, 6.07) is 12.6. The van der Waals surface area contributed by atoms with Gasteiger partial charge in [0.2, 0.25) is 11.1 Å². The summed E-state index contributed by atoms with van der Waals surface area (Å²) in [5.41, 5.74) is 4.13. The van der Waals surface area contributed by atoms with Gasteiger partial charge in [0.05, 0.1) is 22.7 Å². The van der Waals surface area contributed by atoms with Gasteiger partial charge in [0.1, 0.15) is 0 Å². The first-order valence-electron chi connectivity index (χ1n) is 8.48. The number of hydrogen-bond donors (Lipinski definition) is 3. The zero-order valence-corrected chi connectivity index (χ0v) is 18.8. The number of amides is 1. The van der Waals surface area contributed by atoms with Crippen molar-refractivity contribution in [3.8, 4) is 0 Å². The second-order valence-electron chi connectivity index (χ2n) is 5.75. The van der Waals surface area contributed by atoms with Crippen LogP contribution >= 0.6 is 46.7 Å². The van der Waals surface area contributed by atoms with E-state index in [2.05, 4.69) is 26.0 Å². The second kappa shape index (κ2) is 10.6. The standard InChI is InChI=1S/C18H17Cl2N7OS2/c1-29-15-5-3-2-4-14(15)23-16(28)10-30-18-26-25-17(27(18)21)24-22-9-11-6-7-12(19)8-13(11)20/h2-9H,10,21H2,1H3,(H,23,28)(H,24,25)/b22-9+. The van der Waals surface area contributed by atoms with E-state index in [0.29, 0.717) is 20.8 Å². The number of anilines is 2. The number of carbonyl (C=O) groups excluding carboxylic acids is 1. The number of thioether (sulfide) groups is 2. The van der Waals surface area contributed by atoms with E-state index < -0.39 is 0 Å². The second-order valence-corrected chi connectivity index (χ2v) is 8.38. The molecular weight excluding hydrogens is 465 g/mol. The summed E-state index contributed by atoms with van der Waals surface area (Å²) in [5, 5.41) is 16.2. The third-order valence-electron chi connectivity index (χ3n) is 3.71. The summed E-state index contributed by atoms with van der Waals surface area (Å²) >= 11 is 14.7. The molecule has 0 aliphatic rings. The van der Waals surface area contributed by atoms with Crippen molar-refractivity contribution < 1.29 is 4.79 Å². The minimum absolute atomic E-state index is 0.127. The molecule has 0 spiro atoms. The van der Waals surface area contributed by atoms with Crippen molar-refractivity contribution in [3.63, 3.8) is 0 Å². The van der Waals surface area contributed by atoms with Gasteiger partial charge in [0, 0.05) is 15.5 Å². The molecule has 8 nitrogen and oxygen atoms in total. The number of hydrazone groups is 1. The van der Waals surface area contributed by atoms with Crippen LogP contribution in [-0.4, -0.2) is 39.0 Å². The van der Waals surface area contributed by atoms with Gasteiger partial charge in [0.15, 0.2) is 0 Å². The summed E-state index contributed by atoms with van der Waals surface area (Å²) in [7, 11) is 0. The van der Waals surface area contributed by atoms with E-state index in [1.807, 2.05) is 30.5 Å². The number of nitrogens with two attached hydrogens (primary N) is 1. The van der Waals surface area contributed by atoms with Gasteiger partial charge >= 0.3 is 0 Å². The van der Waals surface area contributed by atoms with Crippen LogP contribution in [-0.2, 0) is 4.79 Å². The lowest BCUT2D eigenvalue weighted by Crippen LogP contribution is -2.17. The predicted molar refractivity (Wildman–Crippen MR) is 125 cm³/mol. The molecule has 0 saturated heterocycles. The molecule has 1 amide bonds. The highest BCUT2D eigenvalue weighted by Gasteiger charge is 2.13. The summed E-state index contributed by atoms with van der Waals surface area (Å²) in [5.74, 6) is 6.14. The Bertz CT molecular complexity index is 1070. The third-order valence-corrected chi connectivity index (χ3v) is 6.01. The van der Waals surface area contributed by atoms with Crippen molar-refractivity contribution in [1.29, 1.82) is 0 Å². The van der Waals surface area contributed by atoms with Crippen LogP contribution in [0.25, 0.3) is 0 Å². The molecular formula is C18H17Cl2N7OS2. The minimum atomic E-state index is -0.172. The lowest BCUT2D eigenvalue weighted by atomic mass is 10.2. The molecule has 4 N–H and O–H groups in total. The van der Waals surface area contributed by atoms with E-state index in [-0.39, 0.29) is 17.6 Å². The highest BCUT2D eigenvalue weighted by atomic mass is 35.5. The lowest BCUT2D eigenvalue weighted by molar-refractivity contribution is -0.113. The highest BCUT2D eigenvalue weighted by molar-refractivity contribution is 7.99. The Morgan fingerprint density at radius 2 is 2.07 bits per heavy atom. The zero-order valence-electron chi connectivity index (χ0n) is 15.7. The molecule has 1 aromatic heterocycles. The first-order valence-corrected chi connectivity index (χ1v) is 11.4. The average Bonchev–Trinajstić information content (AvgIpc) is 3.08. The molecule has 0 fully saturated rings. The Kier molecular flexibility index (Phi) is 7.86. The maximum Gasteiger partial charge on any atom is 0.264 e. The molecule has 3 rings (SSSR count). The molecule has 2 aromatic carbocycles. The molecule has 12 heteroatoms. The van der Waals surface area contributed by atoms with E-state index in [1.54, 1.807) is 30.0 Å². The van der Waals surface area contributed by atoms with Gasteiger partial charge in [-0.3, -0.25) is 4.79 Å². The number of carbonyl (C=O) groups is 1. The molecule has 0 aliphatic heterocycles. The first-order chi connectivity index (χ1) is 14.5. The molecule has 0 saturated carbocycles. The molecule has 0 bridgehead atoms. The van der Waals surface area contributed by atoms with Gasteiger partial charge in [-0.2, -0.15) is 5.10 Å². The Balaban J connectivity index is 1.56. The number of para-hydroxylation sites is 1. The quantitative estimate of drug-likeness (QED) is 0.191. The van der Waals surface area contributed by atoms with Crippen molar-refractivity contribution in [2.75, 3.05) is 28.6 Å². The number of halogens is 2. The van der Waals surface area contributed by atoms with E-state index >= 15 is 0 Å². The van der Waals surface area contributed by atoms with Crippen LogP contribution in [0.15, 0.2) is 57.6 Å². The molecule has 30 heavy (non-hydrogen) atoms. The maximum absolute atomic E-state index is 12.3. The smallest absolute Gasteiger partial charge is 0.264 e. The SMILES string of the molecule is CSc1ccccc1NC(=O)CSc1nnc(N/N=C/c2ccc(Cl)cc2Cl)n1N. The maximum atomic E-state index is 12.3. The Morgan fingerprint density at radius 3 is 2.83 bits per heavy atom. The van der Waals surface area contributed by atoms with Crippen molar-refractivity contribution in [2.24, 2.45) is 5.10 Å². The number of nitrogen functional groups attached to an aromatic ring is 1. The van der Waals surface area contributed by atoms with Crippen molar-refractivity contribution in [1.82, 2.24) is 14.9 Å². The Hall–Kier alpha value is -2.40. The van der Waals surface area contributed by atoms with Gasteiger partial charge in [-0.15, -0.1) is 22.0 Å². The van der Waals surface area contributed by atoms with Crippen LogP contribution in [0.4, 0.5) is 11.6 Å². The fraction of sp³-hybridized carbons (Fsp3) is 0.111. The predicted octanol–water partition coefficient (Wildman–Crippen LogP) is 4.20. The molecule has 0 unspecified atom stereocenters. The fourth-order valence-corrected chi connectivity index (χ4v) is 3.95. The van der Waals surface area contributed by atoms with Crippen LogP contribution in [0.3, 0.4) is 0 Å². The number of benzene rings is 2. The lowest BCUT2D eigenvalue weighted by Gasteiger charge is -2.08. The van der Waals surface area contributed by atoms with Gasteiger partial charge in [-0.1, -0.05) is 53.2 Å². The highest BCUT2D eigenvalue weighted by Crippen LogP contribution is 2.25. The van der Waals surface area contributed by atoms with Gasteiger partial charge in [0.25, 0.3) is 5.95 Å². The molecule has 1 heterocycles. The third kappa shape index (κ3) is 5.82. The Morgan fingerprint density at radius 1 is 1.27 bits per heavy atom. The molecule has 0 radical (unpaired) electrons. The average molecular weight is 482 g/mol. The number of rotatable bonds is 8. The van der Waals surface area contributed by atoms with Gasteiger partial charge < -0.3 is 11.2 Å². The van der Waals surface area contributed by atoms with E-state index in [0.717, 1.165) is 22.3 Å².